The number of aryl methyl sites for hydroxylation is 1. The molecule has 4 aromatic rings. The second-order valence-electron chi connectivity index (χ2n) is 8.67. The molecule has 0 aliphatic heterocycles. The quantitative estimate of drug-likeness (QED) is 0.364. The highest BCUT2D eigenvalue weighted by Crippen LogP contribution is 2.25. The van der Waals surface area contributed by atoms with E-state index in [4.69, 9.17) is 0 Å². The Hall–Kier alpha value is -3.82. The second-order valence-corrected chi connectivity index (χ2v) is 10.6. The molecule has 1 N–H and O–H groups in total. The summed E-state index contributed by atoms with van der Waals surface area (Å²) >= 11 is 0. The summed E-state index contributed by atoms with van der Waals surface area (Å²) in [5.41, 5.74) is 3.36. The number of halogens is 1. The first kappa shape index (κ1) is 25.3. The molecular formula is C27H27FN4O3S. The number of nitrogens with one attached hydrogen (secondary N) is 1. The summed E-state index contributed by atoms with van der Waals surface area (Å²) < 4.78 is 42.4. The van der Waals surface area contributed by atoms with E-state index >= 15 is 0 Å². The fraction of sp³-hybridized carbons (Fsp3) is 0.185. The van der Waals surface area contributed by atoms with Crippen molar-refractivity contribution in [3.8, 4) is 16.9 Å². The van der Waals surface area contributed by atoms with Crippen LogP contribution in [0.5, 0.6) is 0 Å². The standard InChI is InChI=1S/C27H27FN4O3S/c1-19(2)31(36(34,35)24-15-11-22(28)12-16-24)18-27(33)29-26-17-25(21-7-5-4-6-8-21)30-32(26)23-13-9-20(3)10-14-23/h4-17,19H,18H2,1-3H3,(H,29,33). The molecule has 3 aromatic carbocycles. The molecule has 1 amide bonds. The first-order valence-electron chi connectivity index (χ1n) is 11.4. The van der Waals surface area contributed by atoms with Crippen molar-refractivity contribution in [1.29, 1.82) is 0 Å². The van der Waals surface area contributed by atoms with Crippen LogP contribution in [0.15, 0.2) is 89.8 Å². The third-order valence-electron chi connectivity index (χ3n) is 5.62. The van der Waals surface area contributed by atoms with Crippen molar-refractivity contribution >= 4 is 21.7 Å². The van der Waals surface area contributed by atoms with Crippen LogP contribution in [0.4, 0.5) is 10.2 Å². The minimum absolute atomic E-state index is 0.0820. The average Bonchev–Trinajstić information content (AvgIpc) is 3.27. The van der Waals surface area contributed by atoms with Crippen LogP contribution in [0.2, 0.25) is 0 Å². The lowest BCUT2D eigenvalue weighted by Gasteiger charge is -2.25. The first-order valence-corrected chi connectivity index (χ1v) is 12.9. The van der Waals surface area contributed by atoms with Crippen LogP contribution < -0.4 is 5.32 Å². The highest BCUT2D eigenvalue weighted by atomic mass is 32.2. The van der Waals surface area contributed by atoms with Gasteiger partial charge in [-0.3, -0.25) is 4.79 Å². The van der Waals surface area contributed by atoms with E-state index in [1.807, 2.05) is 61.5 Å². The maximum Gasteiger partial charge on any atom is 0.243 e. The molecular weight excluding hydrogens is 479 g/mol. The Bertz CT molecular complexity index is 1450. The molecule has 4 rings (SSSR count). The molecule has 0 saturated carbocycles. The molecule has 0 spiro atoms. The number of carbonyl (C=O) groups is 1. The van der Waals surface area contributed by atoms with Crippen LogP contribution in [0.1, 0.15) is 19.4 Å². The van der Waals surface area contributed by atoms with Crippen molar-refractivity contribution in [3.05, 3.63) is 96.3 Å². The van der Waals surface area contributed by atoms with Gasteiger partial charge in [-0.05, 0) is 57.2 Å². The summed E-state index contributed by atoms with van der Waals surface area (Å²) in [6.45, 7) is 4.92. The lowest BCUT2D eigenvalue weighted by molar-refractivity contribution is -0.116. The Morgan fingerprint density at radius 2 is 1.64 bits per heavy atom. The predicted molar refractivity (Wildman–Crippen MR) is 138 cm³/mol. The number of sulfonamides is 1. The summed E-state index contributed by atoms with van der Waals surface area (Å²) in [5, 5.41) is 7.51. The van der Waals surface area contributed by atoms with Gasteiger partial charge in [-0.15, -0.1) is 0 Å². The zero-order valence-electron chi connectivity index (χ0n) is 20.2. The SMILES string of the molecule is Cc1ccc(-n2nc(-c3ccccc3)cc2NC(=O)CN(C(C)C)S(=O)(=O)c2ccc(F)cc2)cc1. The van der Waals surface area contributed by atoms with Gasteiger partial charge in [0.05, 0.1) is 22.8 Å². The van der Waals surface area contributed by atoms with E-state index in [1.54, 1.807) is 24.6 Å². The minimum atomic E-state index is -4.03. The summed E-state index contributed by atoms with van der Waals surface area (Å²) in [7, 11) is -4.03. The van der Waals surface area contributed by atoms with E-state index in [-0.39, 0.29) is 4.90 Å². The van der Waals surface area contributed by atoms with Crippen molar-refractivity contribution in [1.82, 2.24) is 14.1 Å². The number of hydrogen-bond donors (Lipinski definition) is 1. The molecule has 1 aromatic heterocycles. The number of aromatic nitrogens is 2. The Morgan fingerprint density at radius 1 is 1.00 bits per heavy atom. The van der Waals surface area contributed by atoms with Crippen LogP contribution in [-0.4, -0.2) is 41.0 Å². The number of carbonyl (C=O) groups excluding carboxylic acids is 1. The largest absolute Gasteiger partial charge is 0.309 e. The Labute approximate surface area is 210 Å². The smallest absolute Gasteiger partial charge is 0.243 e. The molecule has 0 aliphatic carbocycles. The second kappa shape index (κ2) is 10.4. The van der Waals surface area contributed by atoms with E-state index in [2.05, 4.69) is 10.4 Å². The Morgan fingerprint density at radius 3 is 2.25 bits per heavy atom. The number of hydrogen-bond acceptors (Lipinski definition) is 4. The van der Waals surface area contributed by atoms with Crippen molar-refractivity contribution in [2.45, 2.75) is 31.7 Å². The molecule has 1 heterocycles. The maximum atomic E-state index is 13.3. The number of amides is 1. The van der Waals surface area contributed by atoms with Crippen molar-refractivity contribution in [2.24, 2.45) is 0 Å². The third-order valence-corrected chi connectivity index (χ3v) is 7.66. The van der Waals surface area contributed by atoms with E-state index in [0.29, 0.717) is 11.5 Å². The number of benzene rings is 3. The predicted octanol–water partition coefficient (Wildman–Crippen LogP) is 5.02. The van der Waals surface area contributed by atoms with Gasteiger partial charge < -0.3 is 5.32 Å². The van der Waals surface area contributed by atoms with Crippen LogP contribution in [0, 0.1) is 12.7 Å². The summed E-state index contributed by atoms with van der Waals surface area (Å²) in [6, 6.07) is 23.0. The van der Waals surface area contributed by atoms with Gasteiger partial charge in [-0.2, -0.15) is 9.40 Å². The molecule has 0 bridgehead atoms. The number of nitrogens with zero attached hydrogens (tertiary/aromatic N) is 3. The molecule has 9 heteroatoms. The summed E-state index contributed by atoms with van der Waals surface area (Å²) in [5.74, 6) is -0.658. The molecule has 0 radical (unpaired) electrons. The average molecular weight is 507 g/mol. The highest BCUT2D eigenvalue weighted by molar-refractivity contribution is 7.89. The molecule has 7 nitrogen and oxygen atoms in total. The van der Waals surface area contributed by atoms with Crippen molar-refractivity contribution in [2.75, 3.05) is 11.9 Å². The van der Waals surface area contributed by atoms with Crippen LogP contribution >= 0.6 is 0 Å². The van der Waals surface area contributed by atoms with E-state index in [1.165, 1.54) is 12.1 Å². The first-order chi connectivity index (χ1) is 17.1. The van der Waals surface area contributed by atoms with E-state index < -0.39 is 34.3 Å². The van der Waals surface area contributed by atoms with Crippen LogP contribution in [-0.2, 0) is 14.8 Å². The van der Waals surface area contributed by atoms with Crippen LogP contribution in [0.3, 0.4) is 0 Å². The lowest BCUT2D eigenvalue weighted by Crippen LogP contribution is -2.42. The molecule has 0 atom stereocenters. The molecule has 36 heavy (non-hydrogen) atoms. The molecule has 0 fully saturated rings. The van der Waals surface area contributed by atoms with Gasteiger partial charge in [-0.1, -0.05) is 48.0 Å². The summed E-state index contributed by atoms with van der Waals surface area (Å²) in [4.78, 5) is 13.0. The fourth-order valence-corrected chi connectivity index (χ4v) is 5.31. The highest BCUT2D eigenvalue weighted by Gasteiger charge is 2.29. The monoisotopic (exact) mass is 506 g/mol. The lowest BCUT2D eigenvalue weighted by atomic mass is 10.1. The van der Waals surface area contributed by atoms with Gasteiger partial charge in [0.1, 0.15) is 11.6 Å². The molecule has 0 unspecified atom stereocenters. The Balaban J connectivity index is 1.64. The van der Waals surface area contributed by atoms with Gasteiger partial charge in [-0.25, -0.2) is 17.5 Å². The van der Waals surface area contributed by atoms with Crippen molar-refractivity contribution in [3.63, 3.8) is 0 Å². The topological polar surface area (TPSA) is 84.3 Å². The van der Waals surface area contributed by atoms with Crippen LogP contribution in [0.25, 0.3) is 16.9 Å². The number of anilines is 1. The normalized spacial score (nSPS) is 11.7. The van der Waals surface area contributed by atoms with E-state index in [0.717, 1.165) is 33.3 Å². The molecule has 186 valence electrons. The van der Waals surface area contributed by atoms with Gasteiger partial charge in [0.25, 0.3) is 0 Å². The van der Waals surface area contributed by atoms with E-state index in [9.17, 15) is 17.6 Å². The van der Waals surface area contributed by atoms with Gasteiger partial charge in [0.15, 0.2) is 0 Å². The third kappa shape index (κ3) is 5.53. The van der Waals surface area contributed by atoms with Gasteiger partial charge in [0, 0.05) is 17.7 Å². The maximum absolute atomic E-state index is 13.3. The van der Waals surface area contributed by atoms with Crippen molar-refractivity contribution < 1.29 is 17.6 Å². The fourth-order valence-electron chi connectivity index (χ4n) is 3.71. The minimum Gasteiger partial charge on any atom is -0.309 e. The Kier molecular flexibility index (Phi) is 7.32. The zero-order chi connectivity index (χ0) is 25.9. The van der Waals surface area contributed by atoms with Gasteiger partial charge >= 0.3 is 0 Å². The number of rotatable bonds is 8. The van der Waals surface area contributed by atoms with Gasteiger partial charge in [0.2, 0.25) is 15.9 Å². The summed E-state index contributed by atoms with van der Waals surface area (Å²) in [6.07, 6.45) is 0. The zero-order valence-corrected chi connectivity index (χ0v) is 21.0. The molecule has 0 aliphatic rings. The molecule has 0 saturated heterocycles.